The van der Waals surface area contributed by atoms with Crippen LogP contribution in [0.25, 0.3) is 0 Å². The van der Waals surface area contributed by atoms with Crippen molar-refractivity contribution >= 4 is 33.1 Å². The second-order valence-corrected chi connectivity index (χ2v) is 12.9. The Morgan fingerprint density at radius 3 is 2.34 bits per heavy atom. The van der Waals surface area contributed by atoms with Gasteiger partial charge in [0.25, 0.3) is 5.91 Å². The fourth-order valence-electron chi connectivity index (χ4n) is 4.05. The molecule has 2 aromatic carbocycles. The van der Waals surface area contributed by atoms with Gasteiger partial charge in [-0.25, -0.2) is 17.7 Å². The zero-order valence-corrected chi connectivity index (χ0v) is 25.2. The molecular weight excluding hydrogens is 576 g/mol. The highest BCUT2D eigenvalue weighted by atomic mass is 32.2. The highest BCUT2D eigenvalue weighted by Crippen LogP contribution is 2.39. The van der Waals surface area contributed by atoms with E-state index in [0.717, 1.165) is 32.2 Å². The molecule has 0 aliphatic rings. The van der Waals surface area contributed by atoms with E-state index in [2.05, 4.69) is 4.98 Å². The molecule has 13 heteroatoms. The van der Waals surface area contributed by atoms with Crippen LogP contribution >= 0.6 is 11.3 Å². The van der Waals surface area contributed by atoms with Gasteiger partial charge in [-0.15, -0.1) is 11.3 Å². The molecular formula is C28H33F2N3O6S2. The average molecular weight is 610 g/mol. The summed E-state index contributed by atoms with van der Waals surface area (Å²) >= 11 is 1.05. The summed E-state index contributed by atoms with van der Waals surface area (Å²) in [6, 6.07) is 13.1. The van der Waals surface area contributed by atoms with Gasteiger partial charge in [-0.1, -0.05) is 30.3 Å². The van der Waals surface area contributed by atoms with Crippen molar-refractivity contribution in [3.05, 3.63) is 75.2 Å². The number of benzene rings is 2. The molecule has 0 atom stereocenters. The van der Waals surface area contributed by atoms with Crippen molar-refractivity contribution in [1.82, 2.24) is 14.2 Å². The number of Topliss-reactive ketones (excluding diaryl/α,β-unsaturated/α-hetero) is 1. The number of carbonyl (C=O) groups is 2. The van der Waals surface area contributed by atoms with Gasteiger partial charge in [0.2, 0.25) is 10.0 Å². The highest BCUT2D eigenvalue weighted by molar-refractivity contribution is 7.89. The third-order valence-electron chi connectivity index (χ3n) is 6.34. The Morgan fingerprint density at radius 2 is 1.73 bits per heavy atom. The fraction of sp³-hybridized carbons (Fsp3) is 0.393. The number of rotatable bonds is 14. The SMILES string of the molecule is COc1ccc(C(F)(F)C(=O)N(CCCc2ccccc2)Cc2nc(C(=O)CS(=O)(=O)N(C)C)c(C)s2)c(OC)c1. The summed E-state index contributed by atoms with van der Waals surface area (Å²) in [6.07, 6.45) is 0.938. The minimum absolute atomic E-state index is 0.0152. The molecule has 3 aromatic rings. The van der Waals surface area contributed by atoms with Crippen LogP contribution in [0.15, 0.2) is 48.5 Å². The molecule has 41 heavy (non-hydrogen) atoms. The van der Waals surface area contributed by atoms with Gasteiger partial charge >= 0.3 is 5.92 Å². The van der Waals surface area contributed by atoms with E-state index < -0.39 is 39.0 Å². The van der Waals surface area contributed by atoms with E-state index >= 15 is 8.78 Å². The predicted octanol–water partition coefficient (Wildman–Crippen LogP) is 4.30. The van der Waals surface area contributed by atoms with Crippen LogP contribution in [0, 0.1) is 6.92 Å². The van der Waals surface area contributed by atoms with Crippen molar-refractivity contribution in [2.75, 3.05) is 40.6 Å². The van der Waals surface area contributed by atoms with Gasteiger partial charge < -0.3 is 14.4 Å². The minimum atomic E-state index is -3.95. The molecule has 1 heterocycles. The highest BCUT2D eigenvalue weighted by Gasteiger charge is 2.46. The number of hydrogen-bond donors (Lipinski definition) is 0. The number of nitrogens with zero attached hydrogens (tertiary/aromatic N) is 3. The van der Waals surface area contributed by atoms with E-state index in [9.17, 15) is 18.0 Å². The van der Waals surface area contributed by atoms with Gasteiger partial charge in [0, 0.05) is 31.6 Å². The molecule has 0 bridgehead atoms. The Hall–Kier alpha value is -3.42. The molecule has 0 aliphatic carbocycles. The van der Waals surface area contributed by atoms with Crippen molar-refractivity contribution < 1.29 is 36.3 Å². The predicted molar refractivity (Wildman–Crippen MR) is 152 cm³/mol. The monoisotopic (exact) mass is 609 g/mol. The van der Waals surface area contributed by atoms with Crippen molar-refractivity contribution in [3.8, 4) is 11.5 Å². The lowest BCUT2D eigenvalue weighted by Crippen LogP contribution is -2.42. The van der Waals surface area contributed by atoms with Gasteiger partial charge in [-0.05, 0) is 37.5 Å². The number of alkyl halides is 2. The van der Waals surface area contributed by atoms with E-state index in [0.29, 0.717) is 23.5 Å². The first-order valence-electron chi connectivity index (χ1n) is 12.6. The Labute approximate surface area is 242 Å². The number of thiazole rings is 1. The lowest BCUT2D eigenvalue weighted by Gasteiger charge is -2.27. The number of hydrogen-bond acceptors (Lipinski definition) is 8. The van der Waals surface area contributed by atoms with Gasteiger partial charge in [-0.2, -0.15) is 8.78 Å². The molecule has 0 radical (unpaired) electrons. The third kappa shape index (κ3) is 7.86. The van der Waals surface area contributed by atoms with Crippen molar-refractivity contribution in [2.24, 2.45) is 0 Å². The van der Waals surface area contributed by atoms with Gasteiger partial charge in [0.1, 0.15) is 28.0 Å². The molecule has 0 saturated heterocycles. The molecule has 222 valence electrons. The quantitative estimate of drug-likeness (QED) is 0.251. The van der Waals surface area contributed by atoms with Crippen LogP contribution in [0.3, 0.4) is 0 Å². The number of aryl methyl sites for hydroxylation is 2. The summed E-state index contributed by atoms with van der Waals surface area (Å²) in [5.74, 6) is -6.81. The van der Waals surface area contributed by atoms with Crippen molar-refractivity contribution in [3.63, 3.8) is 0 Å². The number of ether oxygens (including phenoxy) is 2. The van der Waals surface area contributed by atoms with Crippen molar-refractivity contribution in [2.45, 2.75) is 32.2 Å². The Kier molecular flexibility index (Phi) is 10.6. The summed E-state index contributed by atoms with van der Waals surface area (Å²) in [6.45, 7) is 1.29. The maximum Gasteiger partial charge on any atom is 0.353 e. The van der Waals surface area contributed by atoms with Gasteiger partial charge in [0.05, 0.1) is 26.3 Å². The number of amides is 1. The molecule has 1 aromatic heterocycles. The van der Waals surface area contributed by atoms with Crippen LogP contribution < -0.4 is 9.47 Å². The van der Waals surface area contributed by atoms with E-state index in [-0.39, 0.29) is 29.5 Å². The topological polar surface area (TPSA) is 106 Å². The average Bonchev–Trinajstić information content (AvgIpc) is 3.31. The molecule has 9 nitrogen and oxygen atoms in total. The zero-order chi connectivity index (χ0) is 30.4. The van der Waals surface area contributed by atoms with Crippen LogP contribution in [0.4, 0.5) is 8.78 Å². The van der Waals surface area contributed by atoms with E-state index in [1.54, 1.807) is 6.92 Å². The Balaban J connectivity index is 1.90. The van der Waals surface area contributed by atoms with Gasteiger partial charge in [0.15, 0.2) is 5.78 Å². The van der Waals surface area contributed by atoms with E-state index in [4.69, 9.17) is 9.47 Å². The smallest absolute Gasteiger partial charge is 0.353 e. The Bertz CT molecular complexity index is 1480. The third-order valence-corrected chi connectivity index (χ3v) is 9.04. The maximum atomic E-state index is 15.8. The Morgan fingerprint density at radius 1 is 1.05 bits per heavy atom. The fourth-order valence-corrected chi connectivity index (χ4v) is 5.74. The van der Waals surface area contributed by atoms with Gasteiger partial charge in [-0.3, -0.25) is 9.59 Å². The van der Waals surface area contributed by atoms with Crippen molar-refractivity contribution in [1.29, 1.82) is 0 Å². The summed E-state index contributed by atoms with van der Waals surface area (Å²) < 4.78 is 67.1. The minimum Gasteiger partial charge on any atom is -0.497 e. The number of methoxy groups -OCH3 is 2. The van der Waals surface area contributed by atoms with Crippen LogP contribution in [-0.2, 0) is 33.7 Å². The molecule has 0 unspecified atom stereocenters. The number of carbonyl (C=O) groups excluding carboxylic acids is 2. The molecule has 0 N–H and O–H groups in total. The van der Waals surface area contributed by atoms with Crippen LogP contribution in [0.2, 0.25) is 0 Å². The second-order valence-electron chi connectivity index (χ2n) is 9.43. The normalized spacial score (nSPS) is 11.9. The largest absolute Gasteiger partial charge is 0.497 e. The number of sulfonamides is 1. The summed E-state index contributed by atoms with van der Waals surface area (Å²) in [5, 5.41) is 0.235. The first-order valence-corrected chi connectivity index (χ1v) is 15.1. The zero-order valence-electron chi connectivity index (χ0n) is 23.5. The number of aromatic nitrogens is 1. The first-order chi connectivity index (χ1) is 19.3. The van der Waals surface area contributed by atoms with Crippen LogP contribution in [-0.4, -0.2) is 74.9 Å². The maximum absolute atomic E-state index is 15.8. The van der Waals surface area contributed by atoms with Crippen LogP contribution in [0.5, 0.6) is 11.5 Å². The van der Waals surface area contributed by atoms with E-state index in [1.165, 1.54) is 40.4 Å². The summed E-state index contributed by atoms with van der Waals surface area (Å²) in [7, 11) is 1.42. The summed E-state index contributed by atoms with van der Waals surface area (Å²) in [4.78, 5) is 31.9. The lowest BCUT2D eigenvalue weighted by atomic mass is 10.0. The molecule has 0 fully saturated rings. The number of ketones is 1. The lowest BCUT2D eigenvalue weighted by molar-refractivity contribution is -0.160. The van der Waals surface area contributed by atoms with Crippen LogP contribution in [0.1, 0.15) is 37.9 Å². The molecule has 0 spiro atoms. The molecule has 3 rings (SSSR count). The second kappa shape index (κ2) is 13.5. The summed E-state index contributed by atoms with van der Waals surface area (Å²) in [5.41, 5.74) is 0.318. The molecule has 1 amide bonds. The number of halogens is 2. The first kappa shape index (κ1) is 32.1. The molecule has 0 aliphatic heterocycles. The van der Waals surface area contributed by atoms with E-state index in [1.807, 2.05) is 30.3 Å². The standard InChI is InChI=1S/C28H33F2N3O6S2/c1-19-26(23(34)18-41(36,37)32(2)3)31-25(40-19)17-33(15-9-12-20-10-7-6-8-11-20)27(35)28(29,30)22-14-13-21(38-4)16-24(22)39-5/h6-8,10-11,13-14,16H,9,12,15,17-18H2,1-5H3. The molecule has 0 saturated carbocycles.